The molecule has 0 fully saturated rings. The van der Waals surface area contributed by atoms with Crippen molar-refractivity contribution in [1.29, 1.82) is 0 Å². The highest BCUT2D eigenvalue weighted by Gasteiger charge is 2.35. The van der Waals surface area contributed by atoms with Gasteiger partial charge >= 0.3 is 5.97 Å². The van der Waals surface area contributed by atoms with Gasteiger partial charge in [-0.2, -0.15) is 5.10 Å². The van der Waals surface area contributed by atoms with Crippen molar-refractivity contribution in [2.45, 2.75) is 19.4 Å². The van der Waals surface area contributed by atoms with Crippen LogP contribution in [-0.4, -0.2) is 35.8 Å². The van der Waals surface area contributed by atoms with Gasteiger partial charge in [-0.15, -0.1) is 11.3 Å². The predicted molar refractivity (Wildman–Crippen MR) is 119 cm³/mol. The Hall–Kier alpha value is -3.45. The van der Waals surface area contributed by atoms with Gasteiger partial charge in [-0.25, -0.2) is 9.80 Å². The van der Waals surface area contributed by atoms with Crippen molar-refractivity contribution >= 4 is 28.9 Å². The van der Waals surface area contributed by atoms with Crippen molar-refractivity contribution < 1.29 is 19.1 Å². The molecule has 3 aromatic rings. The quantitative estimate of drug-likeness (QED) is 0.506. The lowest BCUT2D eigenvalue weighted by Crippen LogP contribution is -2.27. The fourth-order valence-electron chi connectivity index (χ4n) is 3.48. The monoisotopic (exact) mass is 434 g/mol. The molecule has 1 aliphatic heterocycles. The number of thiophene rings is 1. The van der Waals surface area contributed by atoms with Gasteiger partial charge in [-0.05, 0) is 30.0 Å². The van der Waals surface area contributed by atoms with E-state index in [4.69, 9.17) is 14.6 Å². The van der Waals surface area contributed by atoms with Crippen molar-refractivity contribution in [3.63, 3.8) is 0 Å². The number of rotatable bonds is 7. The molecule has 0 spiro atoms. The SMILES string of the molecule is CCOC(=O)COc1ccccc1[C@H]1CC(c2ccccc2)=NN1C(=O)c1cccs1. The number of para-hydroxylation sites is 1. The first-order valence-corrected chi connectivity index (χ1v) is 10.9. The number of benzene rings is 2. The second kappa shape index (κ2) is 9.57. The Balaban J connectivity index is 1.66. The fraction of sp³-hybridized carbons (Fsp3) is 0.208. The first kappa shape index (κ1) is 20.8. The van der Waals surface area contributed by atoms with E-state index < -0.39 is 5.97 Å². The minimum absolute atomic E-state index is 0.161. The molecule has 0 saturated heterocycles. The largest absolute Gasteiger partial charge is 0.482 e. The van der Waals surface area contributed by atoms with Crippen LogP contribution in [-0.2, 0) is 9.53 Å². The van der Waals surface area contributed by atoms with Gasteiger partial charge in [0.25, 0.3) is 5.91 Å². The molecule has 7 heteroatoms. The van der Waals surface area contributed by atoms with E-state index in [-0.39, 0.29) is 18.6 Å². The van der Waals surface area contributed by atoms with E-state index in [1.807, 2.05) is 60.0 Å². The minimum atomic E-state index is -0.434. The van der Waals surface area contributed by atoms with Gasteiger partial charge in [0.1, 0.15) is 5.75 Å². The average molecular weight is 435 g/mol. The Morgan fingerprint density at radius 3 is 2.58 bits per heavy atom. The highest BCUT2D eigenvalue weighted by Crippen LogP contribution is 2.38. The minimum Gasteiger partial charge on any atom is -0.482 e. The lowest BCUT2D eigenvalue weighted by atomic mass is 9.97. The zero-order valence-electron chi connectivity index (χ0n) is 17.1. The number of hydrogen-bond donors (Lipinski definition) is 0. The molecule has 0 aliphatic carbocycles. The number of carbonyl (C=O) groups is 2. The van der Waals surface area contributed by atoms with Crippen molar-refractivity contribution in [3.8, 4) is 5.75 Å². The van der Waals surface area contributed by atoms with Crippen LogP contribution in [0, 0.1) is 0 Å². The molecule has 6 nitrogen and oxygen atoms in total. The van der Waals surface area contributed by atoms with Crippen LogP contribution >= 0.6 is 11.3 Å². The van der Waals surface area contributed by atoms with Crippen LogP contribution in [0.1, 0.15) is 40.2 Å². The van der Waals surface area contributed by atoms with E-state index in [9.17, 15) is 9.59 Å². The topological polar surface area (TPSA) is 68.2 Å². The predicted octanol–water partition coefficient (Wildman–Crippen LogP) is 4.68. The van der Waals surface area contributed by atoms with Crippen LogP contribution in [0.5, 0.6) is 5.75 Å². The summed E-state index contributed by atoms with van der Waals surface area (Å²) in [7, 11) is 0. The summed E-state index contributed by atoms with van der Waals surface area (Å²) in [6, 6.07) is 20.5. The summed E-state index contributed by atoms with van der Waals surface area (Å²) in [6.45, 7) is 1.85. The van der Waals surface area contributed by atoms with Gasteiger partial charge in [0.15, 0.2) is 6.61 Å². The van der Waals surface area contributed by atoms with Crippen LogP contribution in [0.15, 0.2) is 77.2 Å². The van der Waals surface area contributed by atoms with Crippen LogP contribution in [0.2, 0.25) is 0 Å². The van der Waals surface area contributed by atoms with Gasteiger partial charge in [-0.1, -0.05) is 54.6 Å². The third kappa shape index (κ3) is 4.67. The van der Waals surface area contributed by atoms with Crippen molar-refractivity contribution in [1.82, 2.24) is 5.01 Å². The Kier molecular flexibility index (Phi) is 6.43. The highest BCUT2D eigenvalue weighted by molar-refractivity contribution is 7.12. The third-order valence-electron chi connectivity index (χ3n) is 4.89. The summed E-state index contributed by atoms with van der Waals surface area (Å²) in [5, 5.41) is 8.10. The number of esters is 1. The Labute approximate surface area is 184 Å². The molecule has 4 rings (SSSR count). The summed E-state index contributed by atoms with van der Waals surface area (Å²) in [4.78, 5) is 25.6. The maximum absolute atomic E-state index is 13.2. The maximum atomic E-state index is 13.2. The first-order valence-electron chi connectivity index (χ1n) is 10.0. The molecule has 2 heterocycles. The Bertz CT molecular complexity index is 1080. The summed E-state index contributed by atoms with van der Waals surface area (Å²) in [5.74, 6) is -0.0587. The summed E-state index contributed by atoms with van der Waals surface area (Å²) in [5.41, 5.74) is 2.60. The molecule has 1 aliphatic rings. The van der Waals surface area contributed by atoms with Gasteiger partial charge in [0.2, 0.25) is 0 Å². The molecule has 158 valence electrons. The van der Waals surface area contributed by atoms with Crippen LogP contribution in [0.25, 0.3) is 0 Å². The van der Waals surface area contributed by atoms with E-state index >= 15 is 0 Å². The molecule has 1 aromatic heterocycles. The second-order valence-electron chi connectivity index (χ2n) is 6.89. The molecule has 1 amide bonds. The maximum Gasteiger partial charge on any atom is 0.344 e. The molecular weight excluding hydrogens is 412 g/mol. The molecule has 0 N–H and O–H groups in total. The Morgan fingerprint density at radius 2 is 1.84 bits per heavy atom. The van der Waals surface area contributed by atoms with Crippen LogP contribution < -0.4 is 4.74 Å². The zero-order valence-corrected chi connectivity index (χ0v) is 17.9. The van der Waals surface area contributed by atoms with E-state index in [2.05, 4.69) is 0 Å². The summed E-state index contributed by atoms with van der Waals surface area (Å²) >= 11 is 1.38. The molecule has 1 atom stereocenters. The number of nitrogens with zero attached hydrogens (tertiary/aromatic N) is 2. The molecule has 0 bridgehead atoms. The van der Waals surface area contributed by atoms with E-state index in [0.29, 0.717) is 23.7 Å². The number of ether oxygens (including phenoxy) is 2. The normalized spacial score (nSPS) is 15.5. The number of hydrazone groups is 1. The third-order valence-corrected chi connectivity index (χ3v) is 5.74. The molecular formula is C24H22N2O4S. The van der Waals surface area contributed by atoms with Crippen molar-refractivity contribution in [3.05, 3.63) is 88.1 Å². The zero-order chi connectivity index (χ0) is 21.6. The Morgan fingerprint density at radius 1 is 1.06 bits per heavy atom. The first-order chi connectivity index (χ1) is 15.2. The molecule has 2 aromatic carbocycles. The van der Waals surface area contributed by atoms with E-state index in [1.165, 1.54) is 16.3 Å². The number of carbonyl (C=O) groups excluding carboxylic acids is 2. The molecule has 0 radical (unpaired) electrons. The van der Waals surface area contributed by atoms with E-state index in [0.717, 1.165) is 16.8 Å². The molecule has 0 unspecified atom stereocenters. The van der Waals surface area contributed by atoms with Crippen LogP contribution in [0.4, 0.5) is 0 Å². The van der Waals surface area contributed by atoms with E-state index in [1.54, 1.807) is 19.1 Å². The highest BCUT2D eigenvalue weighted by atomic mass is 32.1. The van der Waals surface area contributed by atoms with Gasteiger partial charge in [0, 0.05) is 12.0 Å². The average Bonchev–Trinajstić information content (AvgIpc) is 3.49. The summed E-state index contributed by atoms with van der Waals surface area (Å²) < 4.78 is 10.7. The van der Waals surface area contributed by atoms with Gasteiger partial charge < -0.3 is 9.47 Å². The van der Waals surface area contributed by atoms with Gasteiger partial charge in [-0.3, -0.25) is 4.79 Å². The van der Waals surface area contributed by atoms with Crippen LogP contribution in [0.3, 0.4) is 0 Å². The molecule has 0 saturated carbocycles. The second-order valence-corrected chi connectivity index (χ2v) is 7.84. The lowest BCUT2D eigenvalue weighted by Gasteiger charge is -2.23. The standard InChI is InChI=1S/C24H22N2O4S/c1-2-29-23(27)16-30-21-12-7-6-11-18(21)20-15-19(17-9-4-3-5-10-17)25-26(20)24(28)22-13-8-14-31-22/h3-14,20H,2,15-16H2,1H3/t20-/m1/s1. The number of amides is 1. The fourth-order valence-corrected chi connectivity index (χ4v) is 4.14. The smallest absolute Gasteiger partial charge is 0.344 e. The number of hydrogen-bond acceptors (Lipinski definition) is 6. The van der Waals surface area contributed by atoms with Crippen molar-refractivity contribution in [2.24, 2.45) is 5.10 Å². The van der Waals surface area contributed by atoms with Gasteiger partial charge in [0.05, 0.1) is 23.2 Å². The van der Waals surface area contributed by atoms with Crippen molar-refractivity contribution in [2.75, 3.05) is 13.2 Å². The molecule has 31 heavy (non-hydrogen) atoms. The lowest BCUT2D eigenvalue weighted by molar-refractivity contribution is -0.145. The summed E-state index contributed by atoms with van der Waals surface area (Å²) in [6.07, 6.45) is 0.543.